The Labute approximate surface area is 98.2 Å². The predicted molar refractivity (Wildman–Crippen MR) is 62.7 cm³/mol. The van der Waals surface area contributed by atoms with Crippen LogP contribution in [-0.2, 0) is 0 Å². The van der Waals surface area contributed by atoms with Crippen LogP contribution in [0.25, 0.3) is 5.82 Å². The molecule has 0 unspecified atom stereocenters. The summed E-state index contributed by atoms with van der Waals surface area (Å²) in [4.78, 5) is 0. The number of anilines is 1. The molecule has 5 nitrogen and oxygen atoms in total. The first kappa shape index (κ1) is 10.9. The highest BCUT2D eigenvalue weighted by Gasteiger charge is 2.17. The molecule has 0 aromatic carbocycles. The summed E-state index contributed by atoms with van der Waals surface area (Å²) in [6.07, 6.45) is 1.59. The third-order valence-electron chi connectivity index (χ3n) is 2.21. The SMILES string of the molecule is CC(C)c1nn(-c2cccnn2)c(N)c1Cl. The average molecular weight is 238 g/mol. The Morgan fingerprint density at radius 2 is 2.19 bits per heavy atom. The van der Waals surface area contributed by atoms with E-state index in [9.17, 15) is 0 Å². The van der Waals surface area contributed by atoms with E-state index in [2.05, 4.69) is 15.3 Å². The molecule has 0 saturated carbocycles. The summed E-state index contributed by atoms with van der Waals surface area (Å²) in [5, 5.41) is 12.5. The smallest absolute Gasteiger partial charge is 0.178 e. The fourth-order valence-corrected chi connectivity index (χ4v) is 1.72. The molecule has 2 N–H and O–H groups in total. The summed E-state index contributed by atoms with van der Waals surface area (Å²) in [6, 6.07) is 3.54. The molecule has 0 aliphatic heterocycles. The first-order valence-corrected chi connectivity index (χ1v) is 5.31. The molecule has 2 aromatic rings. The van der Waals surface area contributed by atoms with Crippen molar-refractivity contribution in [2.24, 2.45) is 0 Å². The van der Waals surface area contributed by atoms with E-state index in [1.807, 2.05) is 13.8 Å². The maximum Gasteiger partial charge on any atom is 0.178 e. The van der Waals surface area contributed by atoms with Gasteiger partial charge in [-0.15, -0.1) is 5.10 Å². The summed E-state index contributed by atoms with van der Waals surface area (Å²) >= 11 is 6.10. The van der Waals surface area contributed by atoms with Crippen LogP contribution >= 0.6 is 11.6 Å². The zero-order valence-corrected chi connectivity index (χ0v) is 9.81. The second kappa shape index (κ2) is 4.09. The topological polar surface area (TPSA) is 69.6 Å². The fourth-order valence-electron chi connectivity index (χ4n) is 1.38. The number of rotatable bonds is 2. The summed E-state index contributed by atoms with van der Waals surface area (Å²) in [5.74, 6) is 1.17. The van der Waals surface area contributed by atoms with Gasteiger partial charge in [-0.3, -0.25) is 0 Å². The van der Waals surface area contributed by atoms with Crippen molar-refractivity contribution < 1.29 is 0 Å². The van der Waals surface area contributed by atoms with Crippen LogP contribution in [0.5, 0.6) is 0 Å². The van der Waals surface area contributed by atoms with Gasteiger partial charge in [0.05, 0.1) is 5.69 Å². The Morgan fingerprint density at radius 3 is 2.69 bits per heavy atom. The van der Waals surface area contributed by atoms with Crippen LogP contribution in [0, 0.1) is 0 Å². The lowest BCUT2D eigenvalue weighted by Crippen LogP contribution is -2.04. The standard InChI is InChI=1S/C10H12ClN5/c1-6(2)9-8(11)10(12)16(15-9)7-4-3-5-13-14-7/h3-6H,12H2,1-2H3. The van der Waals surface area contributed by atoms with Crippen LogP contribution in [0.2, 0.25) is 5.02 Å². The van der Waals surface area contributed by atoms with E-state index in [0.717, 1.165) is 5.69 Å². The molecule has 0 fully saturated rings. The van der Waals surface area contributed by atoms with E-state index in [1.165, 1.54) is 4.68 Å². The first-order chi connectivity index (χ1) is 7.61. The van der Waals surface area contributed by atoms with Gasteiger partial charge in [0.1, 0.15) is 10.8 Å². The Hall–Kier alpha value is -1.62. The number of hydrogen-bond acceptors (Lipinski definition) is 4. The maximum atomic E-state index is 6.10. The number of nitrogens with zero attached hydrogens (tertiary/aromatic N) is 4. The Bertz CT molecular complexity index is 491. The van der Waals surface area contributed by atoms with Crippen molar-refractivity contribution in [2.45, 2.75) is 19.8 Å². The molecular weight excluding hydrogens is 226 g/mol. The van der Waals surface area contributed by atoms with Gasteiger partial charge in [0.15, 0.2) is 5.82 Å². The van der Waals surface area contributed by atoms with E-state index in [4.69, 9.17) is 17.3 Å². The van der Waals surface area contributed by atoms with E-state index in [1.54, 1.807) is 18.3 Å². The normalized spacial score (nSPS) is 11.0. The molecule has 6 heteroatoms. The van der Waals surface area contributed by atoms with Gasteiger partial charge in [0, 0.05) is 6.20 Å². The van der Waals surface area contributed by atoms with Gasteiger partial charge in [-0.05, 0) is 18.1 Å². The van der Waals surface area contributed by atoms with Crippen LogP contribution in [0.3, 0.4) is 0 Å². The molecular formula is C10H12ClN5. The number of halogens is 1. The quantitative estimate of drug-likeness (QED) is 0.868. The van der Waals surface area contributed by atoms with Gasteiger partial charge in [-0.2, -0.15) is 14.9 Å². The van der Waals surface area contributed by atoms with Gasteiger partial charge >= 0.3 is 0 Å². The van der Waals surface area contributed by atoms with E-state index in [0.29, 0.717) is 16.7 Å². The van der Waals surface area contributed by atoms with E-state index >= 15 is 0 Å². The summed E-state index contributed by atoms with van der Waals surface area (Å²) in [5.41, 5.74) is 6.64. The van der Waals surface area contributed by atoms with Crippen molar-refractivity contribution in [3.8, 4) is 5.82 Å². The molecule has 16 heavy (non-hydrogen) atoms. The first-order valence-electron chi connectivity index (χ1n) is 4.93. The van der Waals surface area contributed by atoms with Gasteiger partial charge < -0.3 is 5.73 Å². The molecule has 0 radical (unpaired) electrons. The van der Waals surface area contributed by atoms with E-state index < -0.39 is 0 Å². The lowest BCUT2D eigenvalue weighted by Gasteiger charge is -2.00. The third kappa shape index (κ3) is 1.74. The van der Waals surface area contributed by atoms with Crippen molar-refractivity contribution in [2.75, 3.05) is 5.73 Å². The molecule has 0 bridgehead atoms. The fraction of sp³-hybridized carbons (Fsp3) is 0.300. The summed E-state index contributed by atoms with van der Waals surface area (Å²) in [7, 11) is 0. The molecule has 2 aromatic heterocycles. The second-order valence-corrected chi connectivity index (χ2v) is 4.11. The molecule has 0 amide bonds. The average Bonchev–Trinajstić information content (AvgIpc) is 2.58. The maximum absolute atomic E-state index is 6.10. The van der Waals surface area contributed by atoms with Crippen LogP contribution < -0.4 is 5.73 Å². The molecule has 0 aliphatic rings. The third-order valence-corrected chi connectivity index (χ3v) is 2.60. The van der Waals surface area contributed by atoms with Crippen LogP contribution in [0.15, 0.2) is 18.3 Å². The Balaban J connectivity index is 2.55. The van der Waals surface area contributed by atoms with Crippen molar-refractivity contribution in [3.63, 3.8) is 0 Å². The van der Waals surface area contributed by atoms with Gasteiger partial charge in [0.25, 0.3) is 0 Å². The lowest BCUT2D eigenvalue weighted by atomic mass is 10.1. The highest BCUT2D eigenvalue weighted by Crippen LogP contribution is 2.29. The second-order valence-electron chi connectivity index (χ2n) is 3.73. The van der Waals surface area contributed by atoms with Gasteiger partial charge in [0.2, 0.25) is 0 Å². The predicted octanol–water partition coefficient (Wildman–Crippen LogP) is 2.02. The molecule has 0 saturated heterocycles. The molecule has 2 rings (SSSR count). The van der Waals surface area contributed by atoms with Crippen LogP contribution in [0.1, 0.15) is 25.5 Å². The minimum Gasteiger partial charge on any atom is -0.382 e. The van der Waals surface area contributed by atoms with Crippen LogP contribution in [-0.4, -0.2) is 20.0 Å². The monoisotopic (exact) mass is 237 g/mol. The molecule has 2 heterocycles. The van der Waals surface area contributed by atoms with Crippen LogP contribution in [0.4, 0.5) is 5.82 Å². The highest BCUT2D eigenvalue weighted by atomic mass is 35.5. The lowest BCUT2D eigenvalue weighted by molar-refractivity contribution is 0.751. The summed E-state index contributed by atoms with van der Waals surface area (Å²) in [6.45, 7) is 4.02. The largest absolute Gasteiger partial charge is 0.382 e. The molecule has 84 valence electrons. The minimum atomic E-state index is 0.215. The summed E-state index contributed by atoms with van der Waals surface area (Å²) < 4.78 is 1.50. The van der Waals surface area contributed by atoms with E-state index in [-0.39, 0.29) is 5.92 Å². The highest BCUT2D eigenvalue weighted by molar-refractivity contribution is 6.33. The molecule has 0 atom stereocenters. The number of nitrogen functional groups attached to an aromatic ring is 1. The number of hydrogen-bond donors (Lipinski definition) is 1. The Kier molecular flexibility index (Phi) is 2.78. The number of aromatic nitrogens is 4. The van der Waals surface area contributed by atoms with Gasteiger partial charge in [-0.1, -0.05) is 25.4 Å². The van der Waals surface area contributed by atoms with Crippen molar-refractivity contribution >= 4 is 17.4 Å². The zero-order valence-electron chi connectivity index (χ0n) is 9.05. The molecule has 0 aliphatic carbocycles. The molecule has 0 spiro atoms. The van der Waals surface area contributed by atoms with Crippen molar-refractivity contribution in [1.29, 1.82) is 0 Å². The Morgan fingerprint density at radius 1 is 1.44 bits per heavy atom. The minimum absolute atomic E-state index is 0.215. The van der Waals surface area contributed by atoms with Gasteiger partial charge in [-0.25, -0.2) is 0 Å². The van der Waals surface area contributed by atoms with Crippen molar-refractivity contribution in [3.05, 3.63) is 29.0 Å². The zero-order chi connectivity index (χ0) is 11.7. The van der Waals surface area contributed by atoms with Crippen molar-refractivity contribution in [1.82, 2.24) is 20.0 Å². The number of nitrogens with two attached hydrogens (primary N) is 1.